The highest BCUT2D eigenvalue weighted by Gasteiger charge is 2.49. The van der Waals surface area contributed by atoms with Gasteiger partial charge in [0.05, 0.1) is 12.5 Å². The maximum Gasteiger partial charge on any atom is 0.393 e. The average Bonchev–Trinajstić information content (AvgIpc) is 2.58. The quantitative estimate of drug-likeness (QED) is 0.782. The van der Waals surface area contributed by atoms with Crippen molar-refractivity contribution in [3.8, 4) is 0 Å². The van der Waals surface area contributed by atoms with Crippen LogP contribution in [0.25, 0.3) is 0 Å². The zero-order valence-electron chi connectivity index (χ0n) is 9.46. The van der Waals surface area contributed by atoms with Crippen molar-refractivity contribution in [3.05, 3.63) is 0 Å². The van der Waals surface area contributed by atoms with Crippen molar-refractivity contribution in [2.24, 2.45) is 17.6 Å². The van der Waals surface area contributed by atoms with Gasteiger partial charge in [0.25, 0.3) is 0 Å². The molecule has 1 aliphatic heterocycles. The molecule has 3 nitrogen and oxygen atoms in total. The van der Waals surface area contributed by atoms with Gasteiger partial charge in [-0.25, -0.2) is 0 Å². The van der Waals surface area contributed by atoms with Gasteiger partial charge in [-0.05, 0) is 6.92 Å². The molecule has 0 bridgehead atoms. The minimum atomic E-state index is -4.13. The summed E-state index contributed by atoms with van der Waals surface area (Å²) in [7, 11) is 0. The summed E-state index contributed by atoms with van der Waals surface area (Å²) >= 11 is 0. The summed E-state index contributed by atoms with van der Waals surface area (Å²) < 4.78 is 43.3. The molecule has 1 heterocycles. The topological polar surface area (TPSA) is 38.5 Å². The molecule has 2 atom stereocenters. The summed E-state index contributed by atoms with van der Waals surface area (Å²) in [6.07, 6.45) is -4.13. The van der Waals surface area contributed by atoms with E-state index >= 15 is 0 Å². The molecule has 0 aliphatic carbocycles. The van der Waals surface area contributed by atoms with E-state index in [0.29, 0.717) is 26.2 Å². The predicted octanol–water partition coefficient (Wildman–Crippen LogP) is 1.09. The number of rotatable bonds is 5. The second-order valence-electron chi connectivity index (χ2n) is 4.12. The van der Waals surface area contributed by atoms with E-state index in [1.54, 1.807) is 11.8 Å². The normalized spacial score (nSPS) is 27.6. The Bertz CT molecular complexity index is 211. The van der Waals surface area contributed by atoms with Crippen molar-refractivity contribution in [1.82, 2.24) is 4.90 Å². The van der Waals surface area contributed by atoms with Crippen LogP contribution >= 0.6 is 0 Å². The number of hydrogen-bond acceptors (Lipinski definition) is 3. The fourth-order valence-electron chi connectivity index (χ4n) is 2.13. The van der Waals surface area contributed by atoms with Crippen LogP contribution in [0, 0.1) is 11.8 Å². The number of ether oxygens (including phenoxy) is 1. The van der Waals surface area contributed by atoms with Crippen LogP contribution in [0.1, 0.15) is 6.92 Å². The summed E-state index contributed by atoms with van der Waals surface area (Å²) in [6, 6.07) is 0. The maximum atomic E-state index is 12.7. The molecule has 1 saturated heterocycles. The second-order valence-corrected chi connectivity index (χ2v) is 4.12. The molecule has 0 unspecified atom stereocenters. The first-order chi connectivity index (χ1) is 7.49. The fraction of sp³-hybridized carbons (Fsp3) is 1.00. The predicted molar refractivity (Wildman–Crippen MR) is 55.0 cm³/mol. The van der Waals surface area contributed by atoms with Crippen molar-refractivity contribution >= 4 is 0 Å². The number of hydrogen-bond donors (Lipinski definition) is 1. The van der Waals surface area contributed by atoms with Crippen LogP contribution in [0.4, 0.5) is 13.2 Å². The SMILES string of the molecule is CCOC[C@H]1CN(CCN)C[C@H]1C(F)(F)F. The van der Waals surface area contributed by atoms with Gasteiger partial charge < -0.3 is 15.4 Å². The number of nitrogens with zero attached hydrogens (tertiary/aromatic N) is 1. The maximum absolute atomic E-state index is 12.7. The third-order valence-electron chi connectivity index (χ3n) is 2.92. The number of likely N-dealkylation sites (tertiary alicyclic amines) is 1. The Labute approximate surface area is 93.7 Å². The van der Waals surface area contributed by atoms with Crippen molar-refractivity contribution in [1.29, 1.82) is 0 Å². The lowest BCUT2D eigenvalue weighted by molar-refractivity contribution is -0.184. The number of nitrogens with two attached hydrogens (primary N) is 1. The summed E-state index contributed by atoms with van der Waals surface area (Å²) in [4.78, 5) is 1.77. The molecular weight excluding hydrogens is 221 g/mol. The van der Waals surface area contributed by atoms with Crippen LogP contribution in [0.5, 0.6) is 0 Å². The molecule has 0 aromatic rings. The van der Waals surface area contributed by atoms with E-state index in [0.717, 1.165) is 0 Å². The monoisotopic (exact) mass is 240 g/mol. The summed E-state index contributed by atoms with van der Waals surface area (Å²) in [5.74, 6) is -1.72. The molecule has 1 aliphatic rings. The van der Waals surface area contributed by atoms with Gasteiger partial charge in [-0.2, -0.15) is 13.2 Å². The van der Waals surface area contributed by atoms with Crippen molar-refractivity contribution in [2.75, 3.05) is 39.4 Å². The minimum Gasteiger partial charge on any atom is -0.381 e. The molecule has 96 valence electrons. The molecule has 0 amide bonds. The van der Waals surface area contributed by atoms with E-state index in [-0.39, 0.29) is 13.2 Å². The highest BCUT2D eigenvalue weighted by molar-refractivity contribution is 4.88. The number of alkyl halides is 3. The van der Waals surface area contributed by atoms with E-state index in [2.05, 4.69) is 0 Å². The lowest BCUT2D eigenvalue weighted by atomic mass is 9.96. The standard InChI is InChI=1S/C10H19F3N2O/c1-2-16-7-8-5-15(4-3-14)6-9(8)10(11,12)13/h8-9H,2-7,14H2,1H3/t8-,9-/m1/s1. The van der Waals surface area contributed by atoms with Gasteiger partial charge in [0.1, 0.15) is 0 Å². The summed E-state index contributed by atoms with van der Waals surface area (Å²) in [6.45, 7) is 3.83. The summed E-state index contributed by atoms with van der Waals surface area (Å²) in [5.41, 5.74) is 5.35. The Kier molecular flexibility index (Phi) is 5.01. The van der Waals surface area contributed by atoms with Gasteiger partial charge in [-0.1, -0.05) is 0 Å². The molecule has 16 heavy (non-hydrogen) atoms. The molecule has 1 fully saturated rings. The third-order valence-corrected chi connectivity index (χ3v) is 2.92. The highest BCUT2D eigenvalue weighted by atomic mass is 19.4. The second kappa shape index (κ2) is 5.84. The molecule has 2 N–H and O–H groups in total. The Hall–Kier alpha value is -0.330. The average molecular weight is 240 g/mol. The van der Waals surface area contributed by atoms with Gasteiger partial charge in [-0.15, -0.1) is 0 Å². The highest BCUT2D eigenvalue weighted by Crippen LogP contribution is 2.37. The molecule has 0 radical (unpaired) electrons. The molecule has 6 heteroatoms. The van der Waals surface area contributed by atoms with E-state index in [4.69, 9.17) is 10.5 Å². The van der Waals surface area contributed by atoms with Gasteiger partial charge >= 0.3 is 6.18 Å². The van der Waals surface area contributed by atoms with Gasteiger partial charge in [0, 0.05) is 38.7 Å². The molecule has 0 aromatic carbocycles. The zero-order valence-corrected chi connectivity index (χ0v) is 9.46. The largest absolute Gasteiger partial charge is 0.393 e. The van der Waals surface area contributed by atoms with Crippen LogP contribution in [0.2, 0.25) is 0 Å². The lowest BCUT2D eigenvalue weighted by Gasteiger charge is -2.20. The van der Waals surface area contributed by atoms with Crippen molar-refractivity contribution in [2.45, 2.75) is 13.1 Å². The fourth-order valence-corrected chi connectivity index (χ4v) is 2.13. The minimum absolute atomic E-state index is 0.0540. The summed E-state index contributed by atoms with van der Waals surface area (Å²) in [5, 5.41) is 0. The van der Waals surface area contributed by atoms with E-state index in [1.807, 2.05) is 0 Å². The Morgan fingerprint density at radius 1 is 1.38 bits per heavy atom. The zero-order chi connectivity index (χ0) is 12.2. The van der Waals surface area contributed by atoms with Crippen LogP contribution in [-0.2, 0) is 4.74 Å². The lowest BCUT2D eigenvalue weighted by Crippen LogP contribution is -2.32. The van der Waals surface area contributed by atoms with E-state index in [9.17, 15) is 13.2 Å². The molecule has 0 saturated carbocycles. The first-order valence-electron chi connectivity index (χ1n) is 5.56. The van der Waals surface area contributed by atoms with E-state index < -0.39 is 18.0 Å². The third kappa shape index (κ3) is 3.61. The van der Waals surface area contributed by atoms with Crippen LogP contribution in [-0.4, -0.2) is 50.5 Å². The van der Waals surface area contributed by atoms with Gasteiger partial charge in [0.15, 0.2) is 0 Å². The van der Waals surface area contributed by atoms with Crippen molar-refractivity contribution in [3.63, 3.8) is 0 Å². The van der Waals surface area contributed by atoms with Gasteiger partial charge in [0.2, 0.25) is 0 Å². The van der Waals surface area contributed by atoms with E-state index in [1.165, 1.54) is 0 Å². The smallest absolute Gasteiger partial charge is 0.381 e. The Morgan fingerprint density at radius 2 is 2.06 bits per heavy atom. The molecular formula is C10H19F3N2O. The van der Waals surface area contributed by atoms with Gasteiger partial charge in [-0.3, -0.25) is 0 Å². The first kappa shape index (κ1) is 13.7. The molecule has 0 aromatic heterocycles. The molecule has 0 spiro atoms. The van der Waals surface area contributed by atoms with Crippen LogP contribution < -0.4 is 5.73 Å². The Balaban J connectivity index is 2.56. The van der Waals surface area contributed by atoms with Crippen LogP contribution in [0.15, 0.2) is 0 Å². The van der Waals surface area contributed by atoms with Crippen LogP contribution in [0.3, 0.4) is 0 Å². The first-order valence-corrected chi connectivity index (χ1v) is 5.56. The Morgan fingerprint density at radius 3 is 2.56 bits per heavy atom. The van der Waals surface area contributed by atoms with Crippen molar-refractivity contribution < 1.29 is 17.9 Å². The molecule has 1 rings (SSSR count). The number of halogens is 3.